The molecule has 0 rings (SSSR count). The van der Waals surface area contributed by atoms with Gasteiger partial charge in [-0.05, 0) is 0 Å². The second-order valence-corrected chi connectivity index (χ2v) is 0.312. The number of hydrogen-bond donors (Lipinski definition) is 4. The fraction of sp³-hybridized carbons (Fsp3) is 0. The van der Waals surface area contributed by atoms with Crippen LogP contribution < -0.4 is 12.3 Å². The molecule has 0 unspecified atom stereocenters. The van der Waals surface area contributed by atoms with Gasteiger partial charge in [-0.15, -0.1) is 20.5 Å². The number of hydrogen-bond acceptors (Lipinski definition) is 12. The summed E-state index contributed by atoms with van der Waals surface area (Å²) in [5.74, 6) is 0. The summed E-state index contributed by atoms with van der Waals surface area (Å²) < 4.78 is 0. The van der Waals surface area contributed by atoms with Gasteiger partial charge in [0.15, 0.2) is 10.7 Å². The molecule has 0 saturated heterocycles. The molecule has 88 valence electrons. The van der Waals surface area contributed by atoms with Gasteiger partial charge < -0.3 is 42.9 Å². The minimum absolute atomic E-state index is 0. The maximum atomic E-state index is 8.11. The zero-order valence-electron chi connectivity index (χ0n) is 7.25. The van der Waals surface area contributed by atoms with E-state index >= 15 is 0 Å². The molecule has 15 heavy (non-hydrogen) atoms. The molecule has 0 aliphatic carbocycles. The van der Waals surface area contributed by atoms with Crippen LogP contribution in [0.1, 0.15) is 0 Å². The van der Waals surface area contributed by atoms with Crippen molar-refractivity contribution in [1.29, 1.82) is 0 Å². The molecule has 0 aromatic heterocycles. The van der Waals surface area contributed by atoms with Gasteiger partial charge in [-0.2, -0.15) is 0 Å². The van der Waals surface area contributed by atoms with E-state index in [-0.39, 0.29) is 31.8 Å². The molecule has 0 spiro atoms. The van der Waals surface area contributed by atoms with Gasteiger partial charge in [-0.3, -0.25) is 0 Å². The number of nitrogens with zero attached hydrogens (tertiary/aromatic N) is 4. The maximum Gasteiger partial charge on any atom is 2.00 e. The Morgan fingerprint density at radius 3 is 0.733 bits per heavy atom. The second-order valence-electron chi connectivity index (χ2n) is 0.312. The summed E-state index contributed by atoms with van der Waals surface area (Å²) in [7, 11) is 0. The fourth-order valence-electron chi connectivity index (χ4n) is 0. The van der Waals surface area contributed by atoms with Crippen LogP contribution in [0.5, 0.6) is 0 Å². The molecule has 0 bridgehead atoms. The molecule has 0 aromatic rings. The van der Waals surface area contributed by atoms with Crippen LogP contribution in [0.2, 0.25) is 0 Å². The molecular formula is H8N6O8Zn. The molecule has 0 amide bonds. The van der Waals surface area contributed by atoms with E-state index in [9.17, 15) is 0 Å². The average molecular weight is 285 g/mol. The van der Waals surface area contributed by atoms with Crippen molar-refractivity contribution in [3.8, 4) is 0 Å². The van der Waals surface area contributed by atoms with Gasteiger partial charge in [0.05, 0.1) is 0 Å². The molecule has 0 heterocycles. The van der Waals surface area contributed by atoms with E-state index in [0.29, 0.717) is 0 Å². The first kappa shape index (κ1) is 51.4. The molecule has 0 fully saturated rings. The molecule has 0 atom stereocenters. The molecule has 14 nitrogen and oxygen atoms in total. The normalized spacial score (nSPS) is 3.20. The molecule has 0 saturated carbocycles. The SMILES string of the molecule is N.N.O=NO.O=NO.O=N[O-].O=N[O-].[Zn+2]. The first-order valence-corrected chi connectivity index (χ1v) is 1.50. The molecule has 0 aliphatic heterocycles. The summed E-state index contributed by atoms with van der Waals surface area (Å²) in [6.45, 7) is 0. The van der Waals surface area contributed by atoms with Gasteiger partial charge in [0.1, 0.15) is 0 Å². The van der Waals surface area contributed by atoms with Crippen LogP contribution in [0.25, 0.3) is 0 Å². The predicted octanol–water partition coefficient (Wildman–Crippen LogP) is 1.11. The summed E-state index contributed by atoms with van der Waals surface area (Å²) in [5, 5.41) is 33.8. The van der Waals surface area contributed by atoms with Gasteiger partial charge in [0.2, 0.25) is 0 Å². The first-order valence-electron chi connectivity index (χ1n) is 1.50. The largest absolute Gasteiger partial charge is 2.00 e. The Bertz CT molecular complexity index is 73.1. The van der Waals surface area contributed by atoms with E-state index < -0.39 is 0 Å². The van der Waals surface area contributed by atoms with Crippen molar-refractivity contribution in [1.82, 2.24) is 12.3 Å². The summed E-state index contributed by atoms with van der Waals surface area (Å²) in [5.41, 5.74) is 0. The van der Waals surface area contributed by atoms with Crippen molar-refractivity contribution in [2.75, 3.05) is 0 Å². The minimum Gasteiger partial charge on any atom is -0.444 e. The quantitative estimate of drug-likeness (QED) is 0.279. The molecule has 15 heteroatoms. The van der Waals surface area contributed by atoms with E-state index in [2.05, 4.69) is 0 Å². The summed E-state index contributed by atoms with van der Waals surface area (Å²) >= 11 is 0. The van der Waals surface area contributed by atoms with Crippen molar-refractivity contribution < 1.29 is 29.9 Å². The smallest absolute Gasteiger partial charge is 0.444 e. The van der Waals surface area contributed by atoms with Crippen LogP contribution in [-0.4, -0.2) is 10.4 Å². The van der Waals surface area contributed by atoms with E-state index in [1.165, 1.54) is 10.7 Å². The van der Waals surface area contributed by atoms with Gasteiger partial charge in [0.25, 0.3) is 0 Å². The van der Waals surface area contributed by atoms with Gasteiger partial charge in [-0.25, -0.2) is 0 Å². The maximum absolute atomic E-state index is 8.11. The van der Waals surface area contributed by atoms with Crippen molar-refractivity contribution in [3.05, 3.63) is 30.0 Å². The van der Waals surface area contributed by atoms with Crippen molar-refractivity contribution in [3.63, 3.8) is 0 Å². The Balaban J connectivity index is -0.0000000107. The fourth-order valence-corrected chi connectivity index (χ4v) is 0. The topological polar surface area (TPSA) is 274 Å². The zero-order valence-corrected chi connectivity index (χ0v) is 10.2. The zero-order chi connectivity index (χ0) is 10.8. The van der Waals surface area contributed by atoms with Crippen molar-refractivity contribution in [2.45, 2.75) is 0 Å². The van der Waals surface area contributed by atoms with Crippen LogP contribution in [0.3, 0.4) is 0 Å². The van der Waals surface area contributed by atoms with Crippen LogP contribution in [0.4, 0.5) is 0 Å². The third-order valence-corrected chi connectivity index (χ3v) is 0. The van der Waals surface area contributed by atoms with Crippen molar-refractivity contribution in [2.24, 2.45) is 21.4 Å². The Morgan fingerprint density at radius 1 is 0.733 bits per heavy atom. The standard InChI is InChI=1S/4HNO2.2H3N.Zn/c4*2-1-3;;;/h4*(H,2,3);2*1H3;/q;;;;;;+2/p-2. The Hall–Kier alpha value is -1.86. The molecule has 0 aliphatic rings. The molecule has 0 aromatic carbocycles. The van der Waals surface area contributed by atoms with Crippen LogP contribution in [0.15, 0.2) is 21.4 Å². The summed E-state index contributed by atoms with van der Waals surface area (Å²) in [4.78, 5) is 32.2. The van der Waals surface area contributed by atoms with E-state index in [1.807, 2.05) is 0 Å². The van der Waals surface area contributed by atoms with E-state index in [0.717, 1.165) is 10.7 Å². The predicted molar refractivity (Wildman–Crippen MR) is 43.5 cm³/mol. The van der Waals surface area contributed by atoms with E-state index in [4.69, 9.17) is 40.5 Å². The monoisotopic (exact) mass is 284 g/mol. The third kappa shape index (κ3) is 362. The second kappa shape index (κ2) is 328. The Morgan fingerprint density at radius 2 is 0.733 bits per heavy atom. The third-order valence-electron chi connectivity index (χ3n) is 0. The van der Waals surface area contributed by atoms with Crippen LogP contribution in [0, 0.1) is 30.0 Å². The van der Waals surface area contributed by atoms with Crippen LogP contribution >= 0.6 is 0 Å². The van der Waals surface area contributed by atoms with Gasteiger partial charge in [-0.1, -0.05) is 0 Å². The van der Waals surface area contributed by atoms with Crippen molar-refractivity contribution >= 4 is 0 Å². The summed E-state index contributed by atoms with van der Waals surface area (Å²) in [6, 6.07) is 0. The number of rotatable bonds is 0. The van der Waals surface area contributed by atoms with Gasteiger partial charge >= 0.3 is 19.5 Å². The molecular weight excluding hydrogens is 277 g/mol. The molecule has 0 radical (unpaired) electrons. The van der Waals surface area contributed by atoms with E-state index in [1.54, 1.807) is 0 Å². The average Bonchev–Trinajstić information content (AvgIpc) is 1.92. The summed E-state index contributed by atoms with van der Waals surface area (Å²) in [6.07, 6.45) is 0. The molecule has 8 N–H and O–H groups in total. The van der Waals surface area contributed by atoms with Crippen LogP contribution in [-0.2, 0) is 19.5 Å². The minimum atomic E-state index is 0. The Labute approximate surface area is 94.3 Å². The Kier molecular flexibility index (Phi) is 1120. The first-order chi connectivity index (χ1) is 5.66. The van der Waals surface area contributed by atoms with Gasteiger partial charge in [0, 0.05) is 0 Å².